The van der Waals surface area contributed by atoms with Gasteiger partial charge in [0.15, 0.2) is 0 Å². The van der Waals surface area contributed by atoms with Crippen molar-refractivity contribution in [2.24, 2.45) is 0 Å². The van der Waals surface area contributed by atoms with Gasteiger partial charge in [0.05, 0.1) is 0 Å². The van der Waals surface area contributed by atoms with Crippen molar-refractivity contribution >= 4 is 218 Å². The molecule has 8 nitrogen and oxygen atoms in total. The van der Waals surface area contributed by atoms with E-state index in [4.69, 9.17) is 38.5 Å². The Bertz CT molecular complexity index is 141. The van der Waals surface area contributed by atoms with Crippen molar-refractivity contribution in [3.8, 4) is 0 Å². The summed E-state index contributed by atoms with van der Waals surface area (Å²) in [5.74, 6) is 0. The fraction of sp³-hybridized carbons (Fsp3) is 0. The van der Waals surface area contributed by atoms with E-state index in [2.05, 4.69) is 0 Å². The maximum absolute atomic E-state index is 8.55. The van der Waals surface area contributed by atoms with Crippen LogP contribution in [0.1, 0.15) is 0 Å². The summed E-state index contributed by atoms with van der Waals surface area (Å²) in [5.41, 5.74) is 0. The van der Waals surface area contributed by atoms with E-state index in [1.54, 1.807) is 0 Å². The van der Waals surface area contributed by atoms with Gasteiger partial charge in [-0.15, -0.1) is 0 Å². The molecule has 0 radical (unpaired) electrons. The predicted molar refractivity (Wildman–Crippen MR) is 53.9 cm³/mol. The summed E-state index contributed by atoms with van der Waals surface area (Å²) in [6, 6.07) is 0. The van der Waals surface area contributed by atoms with Crippen LogP contribution in [0.15, 0.2) is 0 Å². The molecule has 0 spiro atoms. The first kappa shape index (κ1) is 49.5. The topological polar surface area (TPSA) is 172 Å². The summed E-state index contributed by atoms with van der Waals surface area (Å²) in [5, 5.41) is 0. The minimum absolute atomic E-state index is 0. The molecule has 0 saturated carbocycles. The molecule has 0 bridgehead atoms. The van der Waals surface area contributed by atoms with E-state index >= 15 is 0 Å². The predicted octanol–water partition coefficient (Wildman–Crippen LogP) is -8.74. The van der Waals surface area contributed by atoms with Crippen molar-refractivity contribution in [1.29, 1.82) is 0 Å². The zero-order valence-electron chi connectivity index (χ0n) is 6.28. The monoisotopic (exact) mass is 382 g/mol. The molecule has 0 unspecified atom stereocenters. The third-order valence-electron chi connectivity index (χ3n) is 0. The third kappa shape index (κ3) is 171. The first-order chi connectivity index (χ1) is 4.00. The van der Waals surface area contributed by atoms with Crippen LogP contribution >= 0.6 is 15.6 Å². The van der Waals surface area contributed by atoms with Gasteiger partial charge in [-0.25, -0.2) is 0 Å². The molecule has 0 aromatic carbocycles. The maximum atomic E-state index is 8.55. The number of phosphoric acid groups is 2. The summed E-state index contributed by atoms with van der Waals surface area (Å²) in [4.78, 5) is 51.3. The van der Waals surface area contributed by atoms with Crippen molar-refractivity contribution in [3.63, 3.8) is 0 Å². The number of rotatable bonds is 0. The molecule has 70 valence electrons. The normalized spacial score (nSPS) is 7.38. The molecular weight excluding hydrogens is 379 g/mol. The first-order valence-electron chi connectivity index (χ1n) is 1.46. The molecule has 16 heavy (non-hydrogen) atoms. The zero-order valence-corrected chi connectivity index (χ0v) is 14.7. The van der Waals surface area contributed by atoms with Crippen molar-refractivity contribution in [2.75, 3.05) is 0 Å². The molecule has 0 aliphatic carbocycles. The van der Waals surface area contributed by atoms with Crippen molar-refractivity contribution < 1.29 is 38.5 Å². The van der Waals surface area contributed by atoms with E-state index in [9.17, 15) is 0 Å². The van der Waals surface area contributed by atoms with Gasteiger partial charge in [0.1, 0.15) is 0 Å². The van der Waals surface area contributed by atoms with Gasteiger partial charge in [-0.05, 0) is 0 Å². The van der Waals surface area contributed by atoms with Crippen LogP contribution < -0.4 is 29.4 Å². The molecule has 0 saturated heterocycles. The summed E-state index contributed by atoms with van der Waals surface area (Å²) in [7, 11) is -10.8. The Hall–Kier alpha value is 7.00. The third-order valence-corrected chi connectivity index (χ3v) is 0. The average Bonchev–Trinajstić information content (AvgIpc) is 1.12. The molecular formula is H3Ca3Na3O8P2. The molecule has 0 atom stereocenters. The molecule has 0 aliphatic rings. The van der Waals surface area contributed by atoms with Crippen molar-refractivity contribution in [2.45, 2.75) is 0 Å². The van der Waals surface area contributed by atoms with Gasteiger partial charge in [-0.1, -0.05) is 0 Å². The van der Waals surface area contributed by atoms with E-state index in [1.165, 1.54) is 0 Å². The molecule has 0 heterocycles. The van der Waals surface area contributed by atoms with Crippen LogP contribution in [0.3, 0.4) is 0 Å². The van der Waals surface area contributed by atoms with Crippen LogP contribution in [0.2, 0.25) is 0 Å². The van der Waals surface area contributed by atoms with E-state index < -0.39 is 15.6 Å². The Morgan fingerprint density at radius 3 is 0.500 bits per heavy atom. The van der Waals surface area contributed by atoms with Crippen LogP contribution in [0.25, 0.3) is 0 Å². The van der Waals surface area contributed by atoms with Crippen LogP contribution in [0.4, 0.5) is 0 Å². The van der Waals surface area contributed by atoms with Gasteiger partial charge in [-0.3, -0.25) is 0 Å². The van der Waals surface area contributed by atoms with Crippen LogP contribution in [0.5, 0.6) is 0 Å². The Balaban J connectivity index is -0.00000000970. The van der Waals surface area contributed by atoms with Gasteiger partial charge in [0.2, 0.25) is 0 Å². The fourth-order valence-corrected chi connectivity index (χ4v) is 0. The standard InChI is InChI=1S/3Ca.3Na.2H3O4P.3H/c;;;;;;2*1-5(2,3)4;;;/h;;;;;;2*(H3,1,2,3,4);;;/q3*+2;;;;;;;;/p-6. The van der Waals surface area contributed by atoms with Gasteiger partial charge < -0.3 is 38.5 Å². The van der Waals surface area contributed by atoms with Gasteiger partial charge in [0, 0.05) is 0 Å². The minimum atomic E-state index is -5.39. The second-order valence-electron chi connectivity index (χ2n) is 0.894. The molecule has 0 aromatic heterocycles. The van der Waals surface area contributed by atoms with Crippen LogP contribution in [-0.2, 0) is 9.13 Å². The summed E-state index contributed by atoms with van der Waals surface area (Å²) in [6.45, 7) is 0. The molecule has 0 aromatic rings. The fourth-order valence-electron chi connectivity index (χ4n) is 0. The van der Waals surface area contributed by atoms with Crippen molar-refractivity contribution in [3.05, 3.63) is 0 Å². The first-order valence-corrected chi connectivity index (χ1v) is 4.38. The van der Waals surface area contributed by atoms with Crippen LogP contribution in [-0.4, -0.2) is 202 Å². The van der Waals surface area contributed by atoms with Crippen molar-refractivity contribution in [1.82, 2.24) is 0 Å². The summed E-state index contributed by atoms with van der Waals surface area (Å²) < 4.78 is 17.1. The van der Waals surface area contributed by atoms with Gasteiger partial charge >= 0.3 is 202 Å². The summed E-state index contributed by atoms with van der Waals surface area (Å²) in [6.07, 6.45) is 0. The molecule has 0 aliphatic heterocycles. The van der Waals surface area contributed by atoms with Gasteiger partial charge in [-0.2, -0.15) is 15.6 Å². The number of hydrogen-bond donors (Lipinski definition) is 0. The van der Waals surface area contributed by atoms with E-state index in [0.717, 1.165) is 0 Å². The number of hydrogen-bond acceptors (Lipinski definition) is 8. The van der Waals surface area contributed by atoms with E-state index in [1.807, 2.05) is 0 Å². The zero-order chi connectivity index (χ0) is 9.00. The van der Waals surface area contributed by atoms with Crippen LogP contribution in [0, 0.1) is 0 Å². The Kier molecular flexibility index (Phi) is 83.1. The second-order valence-corrected chi connectivity index (χ2v) is 2.68. The SMILES string of the molecule is O=P([O-])([O-])[O-].O=P([O-])([O-])[O-].[Ca+2].[Ca+2].[Ca+2].[NaH].[NaH].[NaH]. The Morgan fingerprint density at radius 2 is 0.500 bits per heavy atom. The molecule has 0 N–H and O–H groups in total. The molecule has 16 heteroatoms. The summed E-state index contributed by atoms with van der Waals surface area (Å²) >= 11 is 0. The molecule has 0 rings (SSSR count). The Morgan fingerprint density at radius 1 is 0.500 bits per heavy atom. The van der Waals surface area contributed by atoms with E-state index in [-0.39, 0.29) is 202 Å². The quantitative estimate of drug-likeness (QED) is 0.293. The van der Waals surface area contributed by atoms with E-state index in [0.29, 0.717) is 0 Å². The second kappa shape index (κ2) is 26.9. The molecule has 0 fully saturated rings. The molecule has 0 amide bonds. The Labute approximate surface area is 249 Å². The van der Waals surface area contributed by atoms with Gasteiger partial charge in [0.25, 0.3) is 0 Å². The average molecular weight is 382 g/mol.